The van der Waals surface area contributed by atoms with Crippen LogP contribution in [0.5, 0.6) is 0 Å². The Morgan fingerprint density at radius 1 is 1.33 bits per heavy atom. The summed E-state index contributed by atoms with van der Waals surface area (Å²) in [5.74, 6) is -3.45. The maximum atomic E-state index is 13.2. The standard InChI is InChI=1S/C23H27N9O7S3/c1-4-31-12(25)5-11(24)28-22(31)42-7-9-6-40-18-14(17(34)32(18)15(9)19(35)36)29-16(33)13(10-8-41-21(26)27-10)30-39-23(2,3)20(37)38/h5,8,14,18H,4,6-7H2,1-3H3,(H8,24,25,26,27,29,33,35,36,37,38)/b30-13-/t14?,18-/m1/s1. The number of nitrogens with zero attached hydrogens (tertiary/aromatic N) is 5. The summed E-state index contributed by atoms with van der Waals surface area (Å²) in [6, 6.07) is 0.407. The van der Waals surface area contributed by atoms with Crippen LogP contribution >= 0.6 is 34.9 Å². The van der Waals surface area contributed by atoms with Crippen LogP contribution in [-0.4, -0.2) is 78.0 Å². The Morgan fingerprint density at radius 3 is 2.64 bits per heavy atom. The van der Waals surface area contributed by atoms with Gasteiger partial charge in [0.05, 0.1) is 24.3 Å². The quantitative estimate of drug-likeness (QED) is 0.0463. The number of carbonyl (C=O) groups is 4. The molecule has 224 valence electrons. The van der Waals surface area contributed by atoms with Gasteiger partial charge in [-0.25, -0.2) is 14.3 Å². The average Bonchev–Trinajstić information content (AvgIpc) is 3.35. The predicted molar refractivity (Wildman–Crippen MR) is 153 cm³/mol. The Balaban J connectivity index is 1.54. The number of nitrogens with one attached hydrogen (secondary N) is 1. The number of carboxylic acid groups (broad SMARTS) is 2. The second-order valence-electron chi connectivity index (χ2n) is 9.44. The Labute approximate surface area is 251 Å². The number of nitrogen functional groups attached to an aromatic ring is 3. The summed E-state index contributed by atoms with van der Waals surface area (Å²) in [7, 11) is 0. The van der Waals surface area contributed by atoms with Crippen molar-refractivity contribution in [1.29, 1.82) is 0 Å². The van der Waals surface area contributed by atoms with Crippen molar-refractivity contribution in [2.75, 3.05) is 28.7 Å². The summed E-state index contributed by atoms with van der Waals surface area (Å²) in [6.07, 6.45) is 0. The number of carboxylic acids is 2. The van der Waals surface area contributed by atoms with Gasteiger partial charge in [0, 0.05) is 16.9 Å². The SMILES string of the molecule is CC[n+]1c(N)cc(N)nc1SCC1=C(C(=O)[O-])N2C(=O)C(NC(=O)/C(=N\OC(C)(C)C(=O)O)c3csc(N)n3)[C@H]2SC1. The molecule has 2 aromatic rings. The molecule has 4 rings (SSSR count). The fraction of sp³-hybridized carbons (Fsp3) is 0.391. The van der Waals surface area contributed by atoms with Gasteiger partial charge in [0.25, 0.3) is 11.8 Å². The lowest BCUT2D eigenvalue weighted by atomic mass is 10.0. The van der Waals surface area contributed by atoms with E-state index in [0.29, 0.717) is 23.1 Å². The normalized spacial score (nSPS) is 18.8. The third kappa shape index (κ3) is 6.07. The van der Waals surface area contributed by atoms with Gasteiger partial charge in [-0.05, 0) is 38.1 Å². The molecule has 16 nitrogen and oxygen atoms in total. The van der Waals surface area contributed by atoms with Crippen LogP contribution in [-0.2, 0) is 30.6 Å². The molecular weight excluding hydrogens is 611 g/mol. The van der Waals surface area contributed by atoms with Crippen molar-refractivity contribution in [3.8, 4) is 0 Å². The van der Waals surface area contributed by atoms with E-state index in [9.17, 15) is 29.4 Å². The summed E-state index contributed by atoms with van der Waals surface area (Å²) in [4.78, 5) is 64.4. The molecule has 0 spiro atoms. The van der Waals surface area contributed by atoms with Gasteiger partial charge in [0.2, 0.25) is 17.2 Å². The number of amides is 2. The zero-order valence-corrected chi connectivity index (χ0v) is 25.0. The van der Waals surface area contributed by atoms with Crippen molar-refractivity contribution in [3.63, 3.8) is 0 Å². The number of thioether (sulfide) groups is 2. The lowest BCUT2D eigenvalue weighted by molar-refractivity contribution is -0.719. The molecule has 0 radical (unpaired) electrons. The molecule has 2 aromatic heterocycles. The Bertz CT molecular complexity index is 1520. The molecule has 1 saturated heterocycles. The van der Waals surface area contributed by atoms with E-state index in [1.54, 1.807) is 4.57 Å². The monoisotopic (exact) mass is 637 g/mol. The highest BCUT2D eigenvalue weighted by molar-refractivity contribution is 8.01. The molecule has 1 unspecified atom stereocenters. The van der Waals surface area contributed by atoms with E-state index in [1.807, 2.05) is 6.92 Å². The predicted octanol–water partition coefficient (Wildman–Crippen LogP) is -1.63. The zero-order valence-electron chi connectivity index (χ0n) is 22.5. The van der Waals surface area contributed by atoms with Crippen LogP contribution in [0.15, 0.2) is 33.0 Å². The lowest BCUT2D eigenvalue weighted by Crippen LogP contribution is -2.71. The topological polar surface area (TPSA) is 256 Å². The van der Waals surface area contributed by atoms with Crippen molar-refractivity contribution in [3.05, 3.63) is 28.4 Å². The number of carbonyl (C=O) groups excluding carboxylic acids is 3. The van der Waals surface area contributed by atoms with Gasteiger partial charge in [-0.15, -0.1) is 23.1 Å². The molecule has 1 fully saturated rings. The number of fused-ring (bicyclic) bond motifs is 1. The van der Waals surface area contributed by atoms with Gasteiger partial charge in [-0.3, -0.25) is 14.5 Å². The van der Waals surface area contributed by atoms with E-state index in [1.165, 1.54) is 48.8 Å². The second kappa shape index (κ2) is 12.0. The second-order valence-corrected chi connectivity index (χ2v) is 12.4. The maximum Gasteiger partial charge on any atom is 0.350 e. The van der Waals surface area contributed by atoms with Crippen LogP contribution < -0.4 is 32.2 Å². The van der Waals surface area contributed by atoms with E-state index >= 15 is 0 Å². The number of anilines is 3. The van der Waals surface area contributed by atoms with Crippen LogP contribution in [0.3, 0.4) is 0 Å². The summed E-state index contributed by atoms with van der Waals surface area (Å²) >= 11 is 3.48. The molecule has 0 saturated carbocycles. The first kappa shape index (κ1) is 30.8. The molecule has 8 N–H and O–H groups in total. The summed E-state index contributed by atoms with van der Waals surface area (Å²) in [5, 5.41) is 29.0. The molecule has 0 aromatic carbocycles. The van der Waals surface area contributed by atoms with Crippen molar-refractivity contribution in [2.45, 2.75) is 49.5 Å². The number of hydrogen-bond acceptors (Lipinski definition) is 15. The van der Waals surface area contributed by atoms with Gasteiger partial charge < -0.3 is 42.4 Å². The minimum absolute atomic E-state index is 0.00543. The number of aliphatic carboxylic acids is 2. The first-order valence-corrected chi connectivity index (χ1v) is 15.1. The number of β-lactam (4-membered cyclic amide) rings is 1. The van der Waals surface area contributed by atoms with Gasteiger partial charge in [0.15, 0.2) is 10.8 Å². The van der Waals surface area contributed by atoms with Crippen molar-refractivity contribution in [2.24, 2.45) is 5.16 Å². The van der Waals surface area contributed by atoms with E-state index in [-0.39, 0.29) is 33.8 Å². The highest BCUT2D eigenvalue weighted by Crippen LogP contribution is 2.41. The molecule has 0 bridgehead atoms. The van der Waals surface area contributed by atoms with Crippen molar-refractivity contribution < 1.29 is 38.8 Å². The van der Waals surface area contributed by atoms with Gasteiger partial charge in [-0.2, -0.15) is 0 Å². The summed E-state index contributed by atoms with van der Waals surface area (Å²) in [6.45, 7) is 4.85. The summed E-state index contributed by atoms with van der Waals surface area (Å²) in [5.41, 5.74) is 15.5. The molecule has 42 heavy (non-hydrogen) atoms. The van der Waals surface area contributed by atoms with Crippen LogP contribution in [0.25, 0.3) is 0 Å². The highest BCUT2D eigenvalue weighted by atomic mass is 32.2. The van der Waals surface area contributed by atoms with Gasteiger partial charge in [-0.1, -0.05) is 10.1 Å². The molecule has 2 aliphatic rings. The Morgan fingerprint density at radius 2 is 2.05 bits per heavy atom. The Hall–Kier alpha value is -4.10. The molecule has 2 aliphatic heterocycles. The smallest absolute Gasteiger partial charge is 0.350 e. The van der Waals surface area contributed by atoms with Crippen molar-refractivity contribution in [1.82, 2.24) is 20.2 Å². The number of nitrogens with two attached hydrogens (primary N) is 3. The van der Waals surface area contributed by atoms with Crippen LogP contribution in [0.1, 0.15) is 26.5 Å². The average molecular weight is 638 g/mol. The molecule has 2 atom stereocenters. The maximum absolute atomic E-state index is 13.2. The fourth-order valence-electron chi connectivity index (χ4n) is 3.91. The minimum atomic E-state index is -1.78. The van der Waals surface area contributed by atoms with Gasteiger partial charge >= 0.3 is 11.1 Å². The number of oxime groups is 1. The highest BCUT2D eigenvalue weighted by Gasteiger charge is 2.53. The first-order chi connectivity index (χ1) is 19.7. The number of thiazole rings is 1. The van der Waals surface area contributed by atoms with Crippen LogP contribution in [0.2, 0.25) is 0 Å². The van der Waals surface area contributed by atoms with E-state index < -0.39 is 46.5 Å². The van der Waals surface area contributed by atoms with E-state index in [4.69, 9.17) is 22.0 Å². The molecule has 2 amide bonds. The van der Waals surface area contributed by atoms with Crippen LogP contribution in [0.4, 0.5) is 16.8 Å². The molecule has 0 aliphatic carbocycles. The number of rotatable bonds is 11. The summed E-state index contributed by atoms with van der Waals surface area (Å²) < 4.78 is 1.72. The zero-order chi connectivity index (χ0) is 30.9. The molecular formula is C23H27N9O7S3. The first-order valence-electron chi connectivity index (χ1n) is 12.2. The van der Waals surface area contributed by atoms with E-state index in [2.05, 4.69) is 20.4 Å². The molecule has 19 heteroatoms. The minimum Gasteiger partial charge on any atom is -0.543 e. The molecule has 4 heterocycles. The van der Waals surface area contributed by atoms with Gasteiger partial charge in [0.1, 0.15) is 17.1 Å². The van der Waals surface area contributed by atoms with E-state index in [0.717, 1.165) is 16.2 Å². The lowest BCUT2D eigenvalue weighted by Gasteiger charge is -2.50. The third-order valence-electron chi connectivity index (χ3n) is 6.14. The number of hydrogen-bond donors (Lipinski definition) is 5. The van der Waals surface area contributed by atoms with Crippen LogP contribution in [0, 0.1) is 0 Å². The number of aromatic nitrogens is 3. The largest absolute Gasteiger partial charge is 0.543 e. The Kier molecular flexibility index (Phi) is 8.83. The third-order valence-corrected chi connectivity index (χ3v) is 9.22. The van der Waals surface area contributed by atoms with Crippen molar-refractivity contribution >= 4 is 81.1 Å². The fourth-order valence-corrected chi connectivity index (χ4v) is 7.04.